The third kappa shape index (κ3) is 4.86. The molecule has 0 radical (unpaired) electrons. The smallest absolute Gasteiger partial charge is 0.344 e. The lowest BCUT2D eigenvalue weighted by Gasteiger charge is -2.63. The minimum Gasteiger partial charge on any atom is -0.496 e. The van der Waals surface area contributed by atoms with E-state index in [2.05, 4.69) is 52.1 Å². The van der Waals surface area contributed by atoms with Gasteiger partial charge in [0.15, 0.2) is 6.10 Å². The molecule has 12 heteroatoms. The fourth-order valence-electron chi connectivity index (χ4n) is 13.3. The van der Waals surface area contributed by atoms with Crippen molar-refractivity contribution in [1.29, 1.82) is 0 Å². The van der Waals surface area contributed by atoms with Crippen LogP contribution in [0.1, 0.15) is 75.3 Å². The number of benzene rings is 2. The number of aliphatic hydroxyl groups is 1. The second kappa shape index (κ2) is 13.3. The molecule has 6 aliphatic rings. The van der Waals surface area contributed by atoms with Crippen molar-refractivity contribution < 1.29 is 38.4 Å². The van der Waals surface area contributed by atoms with E-state index in [-0.39, 0.29) is 17.9 Å². The van der Waals surface area contributed by atoms with E-state index in [4.69, 9.17) is 18.9 Å². The summed E-state index contributed by atoms with van der Waals surface area (Å²) in [5.41, 5.74) is -0.0938. The average molecular weight is 781 g/mol. The van der Waals surface area contributed by atoms with Gasteiger partial charge in [-0.3, -0.25) is 19.4 Å². The van der Waals surface area contributed by atoms with Crippen molar-refractivity contribution in [3.63, 3.8) is 0 Å². The fraction of sp³-hybridized carbons (Fsp3) is 0.578. The Balaban J connectivity index is 1.36. The van der Waals surface area contributed by atoms with E-state index < -0.39 is 45.9 Å². The predicted octanol–water partition coefficient (Wildman–Crippen LogP) is 4.83. The summed E-state index contributed by atoms with van der Waals surface area (Å²) in [7, 11) is 6.26. The van der Waals surface area contributed by atoms with Gasteiger partial charge < -0.3 is 33.9 Å². The predicted molar refractivity (Wildman–Crippen MR) is 214 cm³/mol. The number of esters is 3. The van der Waals surface area contributed by atoms with E-state index in [1.54, 1.807) is 7.11 Å². The lowest BCUT2D eigenvalue weighted by molar-refractivity contribution is -0.228. The van der Waals surface area contributed by atoms with Crippen LogP contribution in [0.3, 0.4) is 0 Å². The third-order valence-corrected chi connectivity index (χ3v) is 15.2. The van der Waals surface area contributed by atoms with E-state index in [0.717, 1.165) is 59.3 Å². The molecule has 2 N–H and O–H groups in total. The first-order valence-electron chi connectivity index (χ1n) is 20.7. The summed E-state index contributed by atoms with van der Waals surface area (Å²) in [6, 6.07) is 11.3. The summed E-state index contributed by atoms with van der Waals surface area (Å²) in [6.45, 7) is 9.54. The molecular weight excluding hydrogens is 725 g/mol. The lowest BCUT2D eigenvalue weighted by Crippen LogP contribution is -2.81. The molecule has 2 bridgehead atoms. The summed E-state index contributed by atoms with van der Waals surface area (Å²) >= 11 is 0. The first-order valence-corrected chi connectivity index (χ1v) is 20.7. The first-order chi connectivity index (χ1) is 27.4. The second-order valence-corrected chi connectivity index (χ2v) is 17.6. The normalized spacial score (nSPS) is 36.3. The maximum atomic E-state index is 15.2. The highest BCUT2D eigenvalue weighted by Gasteiger charge is 2.80. The van der Waals surface area contributed by atoms with Gasteiger partial charge in [-0.15, -0.1) is 0 Å². The number of carbonyl (C=O) groups is 3. The summed E-state index contributed by atoms with van der Waals surface area (Å²) in [5.74, 6) is -0.592. The maximum Gasteiger partial charge on any atom is 0.344 e. The van der Waals surface area contributed by atoms with E-state index in [1.165, 1.54) is 21.1 Å². The highest BCUT2D eigenvalue weighted by atomic mass is 16.6. The summed E-state index contributed by atoms with van der Waals surface area (Å²) in [4.78, 5) is 53.3. The van der Waals surface area contributed by atoms with Crippen LogP contribution in [0.25, 0.3) is 10.9 Å². The Morgan fingerprint density at radius 2 is 1.77 bits per heavy atom. The van der Waals surface area contributed by atoms with Crippen LogP contribution in [-0.4, -0.2) is 116 Å². The Morgan fingerprint density at radius 1 is 1.00 bits per heavy atom. The fourth-order valence-corrected chi connectivity index (χ4v) is 13.3. The number of fused-ring (bicyclic) bond motifs is 6. The van der Waals surface area contributed by atoms with Crippen molar-refractivity contribution in [3.05, 3.63) is 70.9 Å². The molecule has 12 nitrogen and oxygen atoms in total. The van der Waals surface area contributed by atoms with Crippen molar-refractivity contribution in [2.75, 3.05) is 59.5 Å². The van der Waals surface area contributed by atoms with Crippen LogP contribution >= 0.6 is 0 Å². The summed E-state index contributed by atoms with van der Waals surface area (Å²) in [6.07, 6.45) is 6.56. The van der Waals surface area contributed by atoms with Crippen molar-refractivity contribution in [3.8, 4) is 5.75 Å². The molecule has 1 aliphatic carbocycles. The number of anilines is 1. The van der Waals surface area contributed by atoms with Crippen LogP contribution < -0.4 is 9.64 Å². The molecule has 3 aromatic rings. The number of hydrogen-bond donors (Lipinski definition) is 2. The number of aromatic nitrogens is 1. The van der Waals surface area contributed by atoms with E-state index in [1.807, 2.05) is 37.1 Å². The van der Waals surface area contributed by atoms with Gasteiger partial charge in [-0.2, -0.15) is 0 Å². The maximum absolute atomic E-state index is 15.2. The van der Waals surface area contributed by atoms with Gasteiger partial charge in [0.05, 0.1) is 27.4 Å². The zero-order valence-electron chi connectivity index (χ0n) is 34.2. The minimum absolute atomic E-state index is 0.190. The highest BCUT2D eigenvalue weighted by molar-refractivity contribution is 5.95. The van der Waals surface area contributed by atoms with Crippen LogP contribution in [-0.2, 0) is 46.0 Å². The topological polar surface area (TPSA) is 134 Å². The first kappa shape index (κ1) is 38.1. The van der Waals surface area contributed by atoms with E-state index in [0.29, 0.717) is 56.1 Å². The number of carbonyl (C=O) groups excluding carboxylic acids is 3. The molecule has 1 aromatic heterocycles. The number of nitrogens with one attached hydrogen (secondary N) is 1. The molecule has 10 atom stereocenters. The van der Waals surface area contributed by atoms with Gasteiger partial charge in [0.2, 0.25) is 5.60 Å². The molecule has 304 valence electrons. The number of likely N-dealkylation sites (N-methyl/N-ethyl adjacent to an activating group) is 1. The molecule has 3 unspecified atom stereocenters. The molecule has 2 saturated heterocycles. The molecular formula is C45H56N4O8. The SMILES string of the molecule is CCC1CC2CN(Cc3c([nH]c4ccccc34)[C@@](C(=O)OC)(c3cc4c(cc3OC)N(C)[C@H]3[C@@](O)(C(=O)OC)[C@H](OC(C)=O)[C@]5(CC)C=CCN6CC[C@]43[C@@H]65)C2)C1. The van der Waals surface area contributed by atoms with Gasteiger partial charge in [-0.05, 0) is 67.3 Å². The van der Waals surface area contributed by atoms with Crippen LogP contribution in [0.4, 0.5) is 5.69 Å². The van der Waals surface area contributed by atoms with Crippen LogP contribution in [0.2, 0.25) is 0 Å². The quantitative estimate of drug-likeness (QED) is 0.194. The molecule has 9 rings (SSSR count). The standard InChI is InChI=1S/C45H56N4O8/c1-8-27-19-28-22-44(40(51)55-6,36-30(25-48(23-27)24-28)29-13-10-11-14-33(29)46-36)32-20-31-34(21-35(32)54-5)47(4)38-43(31)16-18-49-17-12-15-42(9-2,37(43)49)39(57-26(3)50)45(38,53)41(52)56-7/h10-15,20-21,27-28,37-39,46,53H,8-9,16-19,22-25H2,1-7H3/t27?,28?,37-,38+,39+,42+,43+,44-,45-/m0/s1. The monoisotopic (exact) mass is 780 g/mol. The lowest BCUT2D eigenvalue weighted by atomic mass is 9.47. The van der Waals surface area contributed by atoms with Crippen LogP contribution in [0.15, 0.2) is 48.6 Å². The van der Waals surface area contributed by atoms with Gasteiger partial charge in [-0.1, -0.05) is 50.6 Å². The van der Waals surface area contributed by atoms with Gasteiger partial charge in [0, 0.05) is 90.9 Å². The molecule has 6 heterocycles. The molecule has 3 fully saturated rings. The number of para-hydroxylation sites is 1. The molecule has 2 aromatic carbocycles. The van der Waals surface area contributed by atoms with E-state index in [9.17, 15) is 14.7 Å². The number of ether oxygens (including phenoxy) is 4. The molecule has 1 spiro atoms. The van der Waals surface area contributed by atoms with Crippen LogP contribution in [0.5, 0.6) is 5.75 Å². The molecule has 0 amide bonds. The number of hydrogen-bond acceptors (Lipinski definition) is 11. The summed E-state index contributed by atoms with van der Waals surface area (Å²) < 4.78 is 23.9. The zero-order chi connectivity index (χ0) is 40.2. The third-order valence-electron chi connectivity index (χ3n) is 15.2. The van der Waals surface area contributed by atoms with Crippen LogP contribution in [0, 0.1) is 17.3 Å². The number of rotatable bonds is 7. The van der Waals surface area contributed by atoms with Gasteiger partial charge in [0.1, 0.15) is 11.2 Å². The highest BCUT2D eigenvalue weighted by Crippen LogP contribution is 2.68. The largest absolute Gasteiger partial charge is 0.496 e. The Morgan fingerprint density at radius 3 is 2.47 bits per heavy atom. The van der Waals surface area contributed by atoms with Gasteiger partial charge in [-0.25, -0.2) is 4.79 Å². The molecule has 5 aliphatic heterocycles. The Hall–Kier alpha value is -4.39. The summed E-state index contributed by atoms with van der Waals surface area (Å²) in [5, 5.41) is 14.4. The Kier molecular flexibility index (Phi) is 8.92. The number of piperidine rings is 1. The number of nitrogens with zero attached hydrogens (tertiary/aromatic N) is 3. The van der Waals surface area contributed by atoms with Crippen molar-refractivity contribution in [2.24, 2.45) is 17.3 Å². The number of aromatic amines is 1. The average Bonchev–Trinajstić information content (AvgIpc) is 3.87. The second-order valence-electron chi connectivity index (χ2n) is 17.6. The molecule has 1 saturated carbocycles. The minimum atomic E-state index is -2.27. The van der Waals surface area contributed by atoms with Crippen molar-refractivity contribution in [2.45, 2.75) is 94.0 Å². The van der Waals surface area contributed by atoms with Gasteiger partial charge >= 0.3 is 17.9 Å². The Bertz CT molecular complexity index is 2180. The van der Waals surface area contributed by atoms with Gasteiger partial charge in [0.25, 0.3) is 0 Å². The van der Waals surface area contributed by atoms with E-state index >= 15 is 4.79 Å². The van der Waals surface area contributed by atoms with Crippen molar-refractivity contribution >= 4 is 34.5 Å². The number of methoxy groups -OCH3 is 3. The number of H-pyrrole nitrogens is 1. The Labute approximate surface area is 334 Å². The molecule has 57 heavy (non-hydrogen) atoms. The van der Waals surface area contributed by atoms with Crippen molar-refractivity contribution in [1.82, 2.24) is 14.8 Å². The zero-order valence-corrected chi connectivity index (χ0v) is 34.2.